The van der Waals surface area contributed by atoms with Crippen molar-refractivity contribution in [2.75, 3.05) is 0 Å². The molecule has 2 aromatic rings. The second-order valence-electron chi connectivity index (χ2n) is 5.42. The molecule has 0 fully saturated rings. The number of phenolic OH excluding ortho intramolecular Hbond substituents is 2. The molecule has 0 spiro atoms. The number of rotatable bonds is 7. The van der Waals surface area contributed by atoms with Gasteiger partial charge in [0.1, 0.15) is 5.75 Å². The summed E-state index contributed by atoms with van der Waals surface area (Å²) in [5, 5.41) is 50.3. The van der Waals surface area contributed by atoms with Gasteiger partial charge in [-0.05, 0) is 17.7 Å². The number of hydrogen-bond acceptors (Lipinski definition) is 8. The summed E-state index contributed by atoms with van der Waals surface area (Å²) in [6, 6.07) is 5.87. The molecule has 2 aromatic carbocycles. The number of aliphatic imine (C=N–C) groups is 1. The summed E-state index contributed by atoms with van der Waals surface area (Å²) in [6.07, 6.45) is 0.776. The molecule has 0 aromatic heterocycles. The second kappa shape index (κ2) is 7.91. The Morgan fingerprint density at radius 1 is 1.11 bits per heavy atom. The predicted molar refractivity (Wildman–Crippen MR) is 92.2 cm³/mol. The number of carbonyl (C=O) groups is 1. The minimum atomic E-state index is -1.31. The van der Waals surface area contributed by atoms with Crippen molar-refractivity contribution in [3.63, 3.8) is 0 Å². The number of non-ortho nitro benzene ring substituents is 1. The number of aromatic hydroxyl groups is 2. The molecule has 0 unspecified atom stereocenters. The van der Waals surface area contributed by atoms with Crippen LogP contribution in [0.2, 0.25) is 0 Å². The van der Waals surface area contributed by atoms with Crippen LogP contribution in [0.5, 0.6) is 11.5 Å². The van der Waals surface area contributed by atoms with Crippen molar-refractivity contribution < 1.29 is 30.0 Å². The van der Waals surface area contributed by atoms with Crippen LogP contribution in [0, 0.1) is 20.2 Å². The first-order chi connectivity index (χ1) is 12.7. The van der Waals surface area contributed by atoms with Gasteiger partial charge in [-0.15, -0.1) is 0 Å². The Labute approximate surface area is 151 Å². The Morgan fingerprint density at radius 3 is 2.26 bits per heavy atom. The van der Waals surface area contributed by atoms with E-state index in [9.17, 15) is 40.3 Å². The van der Waals surface area contributed by atoms with Crippen molar-refractivity contribution in [3.05, 3.63) is 67.8 Å². The number of carboxylic acid groups (broad SMARTS) is 1. The lowest BCUT2D eigenvalue weighted by molar-refractivity contribution is -0.394. The average Bonchev–Trinajstić information content (AvgIpc) is 2.60. The molecule has 3 N–H and O–H groups in total. The smallest absolute Gasteiger partial charge is 0.328 e. The Kier molecular flexibility index (Phi) is 5.65. The highest BCUT2D eigenvalue weighted by molar-refractivity contribution is 5.89. The van der Waals surface area contributed by atoms with E-state index >= 15 is 0 Å². The monoisotopic (exact) mass is 375 g/mol. The average molecular weight is 375 g/mol. The van der Waals surface area contributed by atoms with Gasteiger partial charge in [0.2, 0.25) is 5.75 Å². The van der Waals surface area contributed by atoms with Crippen LogP contribution in [-0.4, -0.2) is 43.4 Å². The van der Waals surface area contributed by atoms with E-state index in [4.69, 9.17) is 0 Å². The lowest BCUT2D eigenvalue weighted by Crippen LogP contribution is -2.21. The van der Waals surface area contributed by atoms with Crippen molar-refractivity contribution in [1.82, 2.24) is 0 Å². The summed E-state index contributed by atoms with van der Waals surface area (Å²) in [6.45, 7) is 0. The molecule has 0 saturated heterocycles. The Morgan fingerprint density at radius 2 is 1.74 bits per heavy atom. The van der Waals surface area contributed by atoms with Crippen LogP contribution in [0.25, 0.3) is 0 Å². The highest BCUT2D eigenvalue weighted by Crippen LogP contribution is 2.33. The van der Waals surface area contributed by atoms with Gasteiger partial charge in [0.15, 0.2) is 6.04 Å². The molecule has 0 amide bonds. The summed E-state index contributed by atoms with van der Waals surface area (Å²) in [4.78, 5) is 35.1. The van der Waals surface area contributed by atoms with Crippen molar-refractivity contribution in [2.45, 2.75) is 12.5 Å². The van der Waals surface area contributed by atoms with Crippen LogP contribution in [0.4, 0.5) is 11.4 Å². The molecular formula is C16H13N3O8. The number of carboxylic acids is 1. The third-order valence-corrected chi connectivity index (χ3v) is 3.56. The summed E-state index contributed by atoms with van der Waals surface area (Å²) in [7, 11) is 0. The van der Waals surface area contributed by atoms with E-state index in [1.54, 1.807) is 0 Å². The first-order valence-electron chi connectivity index (χ1n) is 7.38. The molecule has 0 heterocycles. The van der Waals surface area contributed by atoms with Crippen molar-refractivity contribution in [2.24, 2.45) is 4.99 Å². The van der Waals surface area contributed by atoms with Crippen LogP contribution in [0.1, 0.15) is 11.1 Å². The van der Waals surface area contributed by atoms with E-state index in [-0.39, 0.29) is 17.7 Å². The zero-order valence-corrected chi connectivity index (χ0v) is 13.6. The second-order valence-corrected chi connectivity index (χ2v) is 5.42. The van der Waals surface area contributed by atoms with Gasteiger partial charge in [0.25, 0.3) is 5.69 Å². The highest BCUT2D eigenvalue weighted by Gasteiger charge is 2.24. The largest absolute Gasteiger partial charge is 0.508 e. The van der Waals surface area contributed by atoms with E-state index < -0.39 is 39.0 Å². The lowest BCUT2D eigenvalue weighted by Gasteiger charge is -2.08. The zero-order chi connectivity index (χ0) is 20.1. The molecule has 0 saturated carbocycles. The van der Waals surface area contributed by atoms with E-state index in [0.29, 0.717) is 11.6 Å². The minimum absolute atomic E-state index is 0.00273. The molecule has 0 bridgehead atoms. The van der Waals surface area contributed by atoms with E-state index in [2.05, 4.69) is 4.99 Å². The number of benzene rings is 2. The van der Waals surface area contributed by atoms with Crippen LogP contribution >= 0.6 is 0 Å². The molecule has 11 nitrogen and oxygen atoms in total. The summed E-state index contributed by atoms with van der Waals surface area (Å²) < 4.78 is 0. The predicted octanol–water partition coefficient (Wildman–Crippen LogP) is 2.03. The molecule has 1 atom stereocenters. The van der Waals surface area contributed by atoms with Crippen molar-refractivity contribution in [3.8, 4) is 11.5 Å². The molecule has 0 aliphatic heterocycles. The summed E-state index contributed by atoms with van der Waals surface area (Å²) in [5.74, 6) is -2.16. The third-order valence-electron chi connectivity index (χ3n) is 3.56. The third kappa shape index (κ3) is 4.75. The van der Waals surface area contributed by atoms with Crippen LogP contribution < -0.4 is 0 Å². The van der Waals surface area contributed by atoms with Gasteiger partial charge in [-0.2, -0.15) is 0 Å². The molecule has 0 aliphatic carbocycles. The topological polar surface area (TPSA) is 176 Å². The van der Waals surface area contributed by atoms with Gasteiger partial charge < -0.3 is 15.3 Å². The van der Waals surface area contributed by atoms with E-state index in [1.807, 2.05) is 0 Å². The fourth-order valence-corrected chi connectivity index (χ4v) is 2.20. The summed E-state index contributed by atoms with van der Waals surface area (Å²) in [5.41, 5.74) is -1.35. The van der Waals surface area contributed by atoms with Gasteiger partial charge >= 0.3 is 11.7 Å². The quantitative estimate of drug-likeness (QED) is 0.374. The first kappa shape index (κ1) is 19.3. The van der Waals surface area contributed by atoms with Gasteiger partial charge in [0.05, 0.1) is 15.9 Å². The van der Waals surface area contributed by atoms with Gasteiger partial charge in [-0.25, -0.2) is 4.79 Å². The van der Waals surface area contributed by atoms with Crippen LogP contribution in [0.3, 0.4) is 0 Å². The maximum Gasteiger partial charge on any atom is 0.328 e. The fraction of sp³-hybridized carbons (Fsp3) is 0.125. The normalized spacial score (nSPS) is 12.0. The Bertz CT molecular complexity index is 924. The minimum Gasteiger partial charge on any atom is -0.508 e. The Balaban J connectivity index is 2.37. The number of phenols is 2. The van der Waals surface area contributed by atoms with Crippen LogP contribution in [0.15, 0.2) is 41.4 Å². The molecular weight excluding hydrogens is 362 g/mol. The maximum atomic E-state index is 11.4. The number of hydrogen-bond donors (Lipinski definition) is 3. The lowest BCUT2D eigenvalue weighted by atomic mass is 10.1. The molecule has 2 rings (SSSR count). The maximum absolute atomic E-state index is 11.4. The highest BCUT2D eigenvalue weighted by atomic mass is 16.6. The first-order valence-corrected chi connectivity index (χ1v) is 7.38. The standard InChI is InChI=1S/C16H13N3O8/c20-12-3-1-9(2-4-12)5-13(16(22)23)17-8-10-6-11(18(24)25)7-14(15(10)21)19(26)27/h1-4,6-8,13,20-21H,5H2,(H,22,23)/t13-/m0/s1. The number of nitro groups is 2. The zero-order valence-electron chi connectivity index (χ0n) is 13.6. The fourth-order valence-electron chi connectivity index (χ4n) is 2.20. The number of nitrogens with zero attached hydrogens (tertiary/aromatic N) is 3. The van der Waals surface area contributed by atoms with Crippen molar-refractivity contribution >= 4 is 23.6 Å². The molecule has 0 radical (unpaired) electrons. The number of aliphatic carboxylic acids is 1. The van der Waals surface area contributed by atoms with Gasteiger partial charge in [-0.1, -0.05) is 12.1 Å². The van der Waals surface area contributed by atoms with E-state index in [0.717, 1.165) is 12.3 Å². The van der Waals surface area contributed by atoms with Crippen molar-refractivity contribution in [1.29, 1.82) is 0 Å². The molecule has 140 valence electrons. The SMILES string of the molecule is O=C(O)[C@H](Cc1ccc(O)cc1)N=Cc1cc([N+](=O)[O-])cc([N+](=O)[O-])c1O. The molecule has 11 heteroatoms. The van der Waals surface area contributed by atoms with E-state index in [1.165, 1.54) is 24.3 Å². The number of nitro benzene ring substituents is 2. The van der Waals surface area contributed by atoms with Gasteiger partial charge in [-0.3, -0.25) is 25.2 Å². The van der Waals surface area contributed by atoms with Gasteiger partial charge in [0, 0.05) is 24.3 Å². The van der Waals surface area contributed by atoms with Crippen LogP contribution in [-0.2, 0) is 11.2 Å². The summed E-state index contributed by atoms with van der Waals surface area (Å²) >= 11 is 0. The molecule has 0 aliphatic rings. The Hall–Kier alpha value is -4.02. The molecule has 27 heavy (non-hydrogen) atoms.